The average Bonchev–Trinajstić information content (AvgIpc) is 2.80. The van der Waals surface area contributed by atoms with E-state index in [1.165, 1.54) is 4.90 Å². The van der Waals surface area contributed by atoms with Crippen LogP contribution in [0.5, 0.6) is 0 Å². The van der Waals surface area contributed by atoms with Gasteiger partial charge in [-0.3, -0.25) is 19.4 Å². The topological polar surface area (TPSA) is 43.9 Å². The van der Waals surface area contributed by atoms with Gasteiger partial charge in [0.1, 0.15) is 0 Å². The third-order valence-corrected chi connectivity index (χ3v) is 5.53. The third kappa shape index (κ3) is 3.95. The third-order valence-electron chi connectivity index (χ3n) is 4.06. The fourth-order valence-corrected chi connectivity index (χ4v) is 3.86. The zero-order valence-electron chi connectivity index (χ0n) is 13.2. The Morgan fingerprint density at radius 1 is 1.17 bits per heavy atom. The van der Waals surface area contributed by atoms with Crippen molar-refractivity contribution in [1.29, 1.82) is 0 Å². The first kappa shape index (κ1) is 17.8. The summed E-state index contributed by atoms with van der Waals surface area (Å²) in [6.07, 6.45) is 1.65. The van der Waals surface area contributed by atoms with Crippen molar-refractivity contribution in [2.24, 2.45) is 0 Å². The molecule has 5 nitrogen and oxygen atoms in total. The van der Waals surface area contributed by atoms with Crippen LogP contribution >= 0.6 is 35.0 Å². The van der Waals surface area contributed by atoms with Crippen LogP contribution in [0.1, 0.15) is 5.56 Å². The lowest BCUT2D eigenvalue weighted by Gasteiger charge is -2.33. The Kier molecular flexibility index (Phi) is 5.52. The maximum Gasteiger partial charge on any atom is 0.294 e. The standard InChI is InChI=1S/C16H17Cl2N3O2S/c1-19-4-6-20(7-5-19)10-21-15(22)14(24-16(21)23)8-11-2-3-12(17)9-13(11)18/h2-3,8-9H,4-7,10H2,1H3/b14-8+. The average molecular weight is 386 g/mol. The zero-order chi connectivity index (χ0) is 17.3. The molecule has 0 N–H and O–H groups in total. The molecule has 0 atom stereocenters. The van der Waals surface area contributed by atoms with Crippen LogP contribution in [0, 0.1) is 0 Å². The SMILES string of the molecule is CN1CCN(CN2C(=O)S/C(=C/c3ccc(Cl)cc3Cl)C2=O)CC1. The molecule has 0 spiro atoms. The number of imide groups is 1. The number of thioether (sulfide) groups is 1. The molecule has 2 aliphatic heterocycles. The lowest BCUT2D eigenvalue weighted by atomic mass is 10.2. The van der Waals surface area contributed by atoms with Crippen molar-refractivity contribution in [2.45, 2.75) is 0 Å². The first-order valence-electron chi connectivity index (χ1n) is 7.55. The van der Waals surface area contributed by atoms with Crippen molar-refractivity contribution in [1.82, 2.24) is 14.7 Å². The minimum Gasteiger partial charge on any atom is -0.304 e. The van der Waals surface area contributed by atoms with Crippen LogP contribution in [0.4, 0.5) is 4.79 Å². The van der Waals surface area contributed by atoms with E-state index in [2.05, 4.69) is 16.8 Å². The number of nitrogens with zero attached hydrogens (tertiary/aromatic N) is 3. The summed E-state index contributed by atoms with van der Waals surface area (Å²) >= 11 is 13.0. The lowest BCUT2D eigenvalue weighted by molar-refractivity contribution is -0.124. The smallest absolute Gasteiger partial charge is 0.294 e. The summed E-state index contributed by atoms with van der Waals surface area (Å²) in [6, 6.07) is 5.05. The van der Waals surface area contributed by atoms with E-state index in [0.717, 1.165) is 37.9 Å². The Hall–Kier alpha value is -1.05. The van der Waals surface area contributed by atoms with Crippen molar-refractivity contribution in [3.8, 4) is 0 Å². The largest absolute Gasteiger partial charge is 0.304 e. The molecule has 0 aromatic heterocycles. The molecule has 2 aliphatic rings. The van der Waals surface area contributed by atoms with Gasteiger partial charge in [0.15, 0.2) is 0 Å². The van der Waals surface area contributed by atoms with Gasteiger partial charge in [-0.2, -0.15) is 0 Å². The summed E-state index contributed by atoms with van der Waals surface area (Å²) in [5, 5.41) is 0.740. The van der Waals surface area contributed by atoms with E-state index >= 15 is 0 Å². The van der Waals surface area contributed by atoms with Crippen molar-refractivity contribution in [2.75, 3.05) is 39.9 Å². The highest BCUT2D eigenvalue weighted by Gasteiger charge is 2.36. The van der Waals surface area contributed by atoms with Gasteiger partial charge >= 0.3 is 0 Å². The second-order valence-electron chi connectivity index (χ2n) is 5.84. The molecule has 128 valence electrons. The molecule has 0 unspecified atom stereocenters. The van der Waals surface area contributed by atoms with Crippen LogP contribution in [0.15, 0.2) is 23.1 Å². The van der Waals surface area contributed by atoms with Gasteiger partial charge in [-0.1, -0.05) is 29.3 Å². The quantitative estimate of drug-likeness (QED) is 0.747. The summed E-state index contributed by atoms with van der Waals surface area (Å²) in [4.78, 5) is 30.8. The second-order valence-corrected chi connectivity index (χ2v) is 7.68. The molecule has 0 radical (unpaired) electrons. The minimum atomic E-state index is -0.269. The van der Waals surface area contributed by atoms with Crippen LogP contribution in [-0.2, 0) is 4.79 Å². The Bertz CT molecular complexity index is 703. The van der Waals surface area contributed by atoms with E-state index in [4.69, 9.17) is 23.2 Å². The molecule has 0 saturated carbocycles. The van der Waals surface area contributed by atoms with Crippen LogP contribution in [0.2, 0.25) is 10.0 Å². The fraction of sp³-hybridized carbons (Fsp3) is 0.375. The van der Waals surface area contributed by atoms with E-state index in [9.17, 15) is 9.59 Å². The van der Waals surface area contributed by atoms with Gasteiger partial charge in [0.2, 0.25) is 0 Å². The van der Waals surface area contributed by atoms with Crippen LogP contribution in [0.25, 0.3) is 6.08 Å². The summed E-state index contributed by atoms with van der Waals surface area (Å²) < 4.78 is 0. The van der Waals surface area contributed by atoms with Gasteiger partial charge in [0, 0.05) is 36.2 Å². The van der Waals surface area contributed by atoms with E-state index in [-0.39, 0.29) is 11.1 Å². The number of likely N-dealkylation sites (N-methyl/N-ethyl adjacent to an activating group) is 1. The maximum absolute atomic E-state index is 12.5. The van der Waals surface area contributed by atoms with E-state index in [1.807, 2.05) is 0 Å². The molecule has 2 amide bonds. The zero-order valence-corrected chi connectivity index (χ0v) is 15.5. The number of benzene rings is 1. The predicted molar refractivity (Wildman–Crippen MR) is 98.2 cm³/mol. The Balaban J connectivity index is 1.72. The Morgan fingerprint density at radius 2 is 1.88 bits per heavy atom. The lowest BCUT2D eigenvalue weighted by Crippen LogP contribution is -2.49. The predicted octanol–water partition coefficient (Wildman–Crippen LogP) is 3.23. The molecule has 1 aromatic carbocycles. The molecule has 2 fully saturated rings. The number of carbonyl (C=O) groups excluding carboxylic acids is 2. The first-order valence-corrected chi connectivity index (χ1v) is 9.12. The van der Waals surface area contributed by atoms with Crippen molar-refractivity contribution in [3.63, 3.8) is 0 Å². The number of halogens is 2. The molecule has 2 heterocycles. The van der Waals surface area contributed by atoms with E-state index in [0.29, 0.717) is 27.2 Å². The highest BCUT2D eigenvalue weighted by atomic mass is 35.5. The summed E-state index contributed by atoms with van der Waals surface area (Å²) in [6.45, 7) is 3.91. The molecule has 24 heavy (non-hydrogen) atoms. The summed E-state index contributed by atoms with van der Waals surface area (Å²) in [7, 11) is 2.07. The van der Waals surface area contributed by atoms with Gasteiger partial charge < -0.3 is 4.90 Å². The second kappa shape index (κ2) is 7.45. The van der Waals surface area contributed by atoms with Gasteiger partial charge in [-0.25, -0.2) is 0 Å². The normalized spacial score (nSPS) is 22.0. The van der Waals surface area contributed by atoms with Gasteiger partial charge in [-0.05, 0) is 42.6 Å². The monoisotopic (exact) mass is 385 g/mol. The number of carbonyl (C=O) groups is 2. The fourth-order valence-electron chi connectivity index (χ4n) is 2.57. The summed E-state index contributed by atoms with van der Waals surface area (Å²) in [5.41, 5.74) is 0.672. The Labute approximate surface area is 155 Å². The molecule has 2 saturated heterocycles. The molecule has 3 rings (SSSR count). The number of hydrogen-bond acceptors (Lipinski definition) is 5. The maximum atomic E-state index is 12.5. The van der Waals surface area contributed by atoms with Gasteiger partial charge in [0.05, 0.1) is 11.6 Å². The molecular weight excluding hydrogens is 369 g/mol. The van der Waals surface area contributed by atoms with Crippen molar-refractivity contribution < 1.29 is 9.59 Å². The van der Waals surface area contributed by atoms with Crippen molar-refractivity contribution >= 4 is 52.2 Å². The van der Waals surface area contributed by atoms with Crippen molar-refractivity contribution in [3.05, 3.63) is 38.7 Å². The summed E-state index contributed by atoms with van der Waals surface area (Å²) in [5.74, 6) is -0.269. The first-order chi connectivity index (χ1) is 11.4. The molecule has 0 aliphatic carbocycles. The Morgan fingerprint density at radius 3 is 2.54 bits per heavy atom. The molecule has 1 aromatic rings. The number of amides is 2. The molecular formula is C16H17Cl2N3O2S. The van der Waals surface area contributed by atoms with E-state index in [1.54, 1.807) is 24.3 Å². The highest BCUT2D eigenvalue weighted by molar-refractivity contribution is 8.18. The van der Waals surface area contributed by atoms with Gasteiger partial charge in [0.25, 0.3) is 11.1 Å². The number of hydrogen-bond donors (Lipinski definition) is 0. The van der Waals surface area contributed by atoms with Crippen LogP contribution < -0.4 is 0 Å². The highest BCUT2D eigenvalue weighted by Crippen LogP contribution is 2.34. The van der Waals surface area contributed by atoms with E-state index < -0.39 is 0 Å². The molecule has 8 heteroatoms. The van der Waals surface area contributed by atoms with Crippen LogP contribution in [0.3, 0.4) is 0 Å². The minimum absolute atomic E-state index is 0.240. The number of rotatable bonds is 3. The van der Waals surface area contributed by atoms with Crippen LogP contribution in [-0.4, -0.2) is 65.7 Å². The molecule has 0 bridgehead atoms. The van der Waals surface area contributed by atoms with Gasteiger partial charge in [-0.15, -0.1) is 0 Å². The number of piperazine rings is 1.